The fourth-order valence-corrected chi connectivity index (χ4v) is 1.82. The van der Waals surface area contributed by atoms with Gasteiger partial charge in [-0.1, -0.05) is 11.6 Å². The van der Waals surface area contributed by atoms with Crippen LogP contribution < -0.4 is 5.73 Å². The van der Waals surface area contributed by atoms with E-state index in [-0.39, 0.29) is 11.5 Å². The zero-order valence-corrected chi connectivity index (χ0v) is 8.33. The van der Waals surface area contributed by atoms with E-state index in [2.05, 4.69) is 10.1 Å². The Balaban J connectivity index is 2.36. The van der Waals surface area contributed by atoms with Crippen LogP contribution in [-0.4, -0.2) is 14.8 Å². The minimum atomic E-state index is -0.109. The van der Waals surface area contributed by atoms with Gasteiger partial charge in [-0.15, -0.1) is 0 Å². The maximum Gasteiger partial charge on any atom is 0.167 e. The normalized spacial score (nSPS) is 24.1. The van der Waals surface area contributed by atoms with E-state index in [4.69, 9.17) is 17.3 Å². The summed E-state index contributed by atoms with van der Waals surface area (Å²) in [7, 11) is 0. The van der Waals surface area contributed by atoms with Gasteiger partial charge in [-0.3, -0.25) is 0 Å². The first kappa shape index (κ1) is 8.97. The lowest BCUT2D eigenvalue weighted by molar-refractivity contribution is 0.457. The minimum Gasteiger partial charge on any atom is -0.321 e. The standard InChI is InChI=1S/C8H13ClN4/c1-5(10)8-11-7-4-2-3-6(9)13(7)12-8/h5-6H,2-4,10H2,1H3. The Morgan fingerprint density at radius 3 is 3.08 bits per heavy atom. The number of alkyl halides is 1. The van der Waals surface area contributed by atoms with E-state index in [0.29, 0.717) is 5.82 Å². The minimum absolute atomic E-state index is 0.0382. The average molecular weight is 201 g/mol. The third kappa shape index (κ3) is 1.56. The van der Waals surface area contributed by atoms with Crippen LogP contribution >= 0.6 is 11.6 Å². The van der Waals surface area contributed by atoms with Crippen molar-refractivity contribution in [3.8, 4) is 0 Å². The Labute approximate surface area is 82.1 Å². The van der Waals surface area contributed by atoms with Gasteiger partial charge in [0.15, 0.2) is 5.82 Å². The molecule has 2 unspecified atom stereocenters. The van der Waals surface area contributed by atoms with E-state index >= 15 is 0 Å². The fraction of sp³-hybridized carbons (Fsp3) is 0.750. The largest absolute Gasteiger partial charge is 0.321 e. The smallest absolute Gasteiger partial charge is 0.167 e. The van der Waals surface area contributed by atoms with Gasteiger partial charge in [-0.2, -0.15) is 5.10 Å². The molecule has 2 atom stereocenters. The van der Waals surface area contributed by atoms with E-state index in [9.17, 15) is 0 Å². The summed E-state index contributed by atoms with van der Waals surface area (Å²) < 4.78 is 1.80. The van der Waals surface area contributed by atoms with Gasteiger partial charge in [-0.25, -0.2) is 9.67 Å². The van der Waals surface area contributed by atoms with Crippen LogP contribution in [0.2, 0.25) is 0 Å². The molecule has 4 nitrogen and oxygen atoms in total. The Morgan fingerprint density at radius 1 is 1.69 bits per heavy atom. The number of aromatic nitrogens is 3. The maximum absolute atomic E-state index is 6.08. The van der Waals surface area contributed by atoms with Gasteiger partial charge in [0.1, 0.15) is 11.3 Å². The first-order valence-corrected chi connectivity index (χ1v) is 4.97. The highest BCUT2D eigenvalue weighted by Crippen LogP contribution is 2.26. The summed E-state index contributed by atoms with van der Waals surface area (Å²) in [6.07, 6.45) is 3.02. The van der Waals surface area contributed by atoms with Crippen LogP contribution in [0.25, 0.3) is 0 Å². The number of fused-ring (bicyclic) bond motifs is 1. The van der Waals surface area contributed by atoms with Crippen LogP contribution in [0.3, 0.4) is 0 Å². The van der Waals surface area contributed by atoms with Crippen molar-refractivity contribution < 1.29 is 0 Å². The second kappa shape index (κ2) is 3.27. The van der Waals surface area contributed by atoms with Crippen LogP contribution in [-0.2, 0) is 6.42 Å². The van der Waals surface area contributed by atoms with Crippen LogP contribution in [0.4, 0.5) is 0 Å². The molecule has 2 N–H and O–H groups in total. The summed E-state index contributed by atoms with van der Waals surface area (Å²) in [5.41, 5.74) is 5.65. The highest BCUT2D eigenvalue weighted by Gasteiger charge is 2.21. The molecule has 0 spiro atoms. The van der Waals surface area contributed by atoms with E-state index in [0.717, 1.165) is 25.1 Å². The van der Waals surface area contributed by atoms with Gasteiger partial charge in [0.2, 0.25) is 0 Å². The topological polar surface area (TPSA) is 56.7 Å². The Kier molecular flexibility index (Phi) is 2.26. The zero-order chi connectivity index (χ0) is 9.42. The number of hydrogen-bond acceptors (Lipinski definition) is 3. The second-order valence-corrected chi connectivity index (χ2v) is 3.95. The molecule has 13 heavy (non-hydrogen) atoms. The van der Waals surface area contributed by atoms with E-state index in [1.165, 1.54) is 0 Å². The molecule has 0 amide bonds. The van der Waals surface area contributed by atoms with Crippen LogP contribution in [0, 0.1) is 0 Å². The molecule has 2 rings (SSSR count). The molecular weight excluding hydrogens is 188 g/mol. The van der Waals surface area contributed by atoms with Gasteiger partial charge < -0.3 is 5.73 Å². The molecule has 5 heteroatoms. The Bertz CT molecular complexity index is 307. The third-order valence-electron chi connectivity index (χ3n) is 2.23. The van der Waals surface area contributed by atoms with E-state index in [1.54, 1.807) is 4.68 Å². The molecule has 1 aliphatic heterocycles. The summed E-state index contributed by atoms with van der Waals surface area (Å²) in [5.74, 6) is 1.67. The molecule has 0 saturated heterocycles. The lowest BCUT2D eigenvalue weighted by Gasteiger charge is -2.16. The van der Waals surface area contributed by atoms with Crippen molar-refractivity contribution in [3.63, 3.8) is 0 Å². The summed E-state index contributed by atoms with van der Waals surface area (Å²) in [6.45, 7) is 1.88. The first-order chi connectivity index (χ1) is 6.18. The van der Waals surface area contributed by atoms with Gasteiger partial charge in [-0.05, 0) is 19.8 Å². The van der Waals surface area contributed by atoms with Crippen molar-refractivity contribution in [2.24, 2.45) is 5.73 Å². The molecule has 0 saturated carbocycles. The molecule has 2 heterocycles. The number of halogens is 1. The van der Waals surface area contributed by atoms with Crippen LogP contribution in [0.15, 0.2) is 0 Å². The molecule has 1 aromatic rings. The fourth-order valence-electron chi connectivity index (χ4n) is 1.51. The van der Waals surface area contributed by atoms with Crippen molar-refractivity contribution >= 4 is 11.6 Å². The number of hydrogen-bond donors (Lipinski definition) is 1. The van der Waals surface area contributed by atoms with Crippen LogP contribution in [0.1, 0.15) is 43.0 Å². The predicted octanol–water partition coefficient (Wildman–Crippen LogP) is 1.37. The van der Waals surface area contributed by atoms with Gasteiger partial charge in [0.05, 0.1) is 6.04 Å². The summed E-state index contributed by atoms with van der Waals surface area (Å²) in [5, 5.41) is 4.28. The summed E-state index contributed by atoms with van der Waals surface area (Å²) in [4.78, 5) is 4.34. The predicted molar refractivity (Wildman–Crippen MR) is 50.5 cm³/mol. The molecule has 0 bridgehead atoms. The quantitative estimate of drug-likeness (QED) is 0.697. The van der Waals surface area contributed by atoms with Gasteiger partial charge in [0.25, 0.3) is 0 Å². The van der Waals surface area contributed by atoms with E-state index < -0.39 is 0 Å². The SMILES string of the molecule is CC(N)c1nc2n(n1)C(Cl)CCC2. The zero-order valence-electron chi connectivity index (χ0n) is 7.57. The van der Waals surface area contributed by atoms with Gasteiger partial charge >= 0.3 is 0 Å². The first-order valence-electron chi connectivity index (χ1n) is 4.53. The molecular formula is C8H13ClN4. The summed E-state index contributed by atoms with van der Waals surface area (Å²) >= 11 is 6.08. The highest BCUT2D eigenvalue weighted by atomic mass is 35.5. The molecule has 0 fully saturated rings. The van der Waals surface area contributed by atoms with Crippen molar-refractivity contribution in [1.29, 1.82) is 0 Å². The number of nitrogens with two attached hydrogens (primary N) is 1. The number of aryl methyl sites for hydroxylation is 1. The second-order valence-electron chi connectivity index (χ2n) is 3.45. The van der Waals surface area contributed by atoms with Crippen molar-refractivity contribution in [1.82, 2.24) is 14.8 Å². The number of nitrogens with zero attached hydrogens (tertiary/aromatic N) is 3. The molecule has 0 aromatic carbocycles. The molecule has 72 valence electrons. The Morgan fingerprint density at radius 2 is 2.46 bits per heavy atom. The lowest BCUT2D eigenvalue weighted by Crippen LogP contribution is -2.15. The van der Waals surface area contributed by atoms with E-state index in [1.807, 2.05) is 6.92 Å². The molecule has 0 aliphatic carbocycles. The number of rotatable bonds is 1. The Hall–Kier alpha value is -0.610. The maximum atomic E-state index is 6.08. The summed E-state index contributed by atoms with van der Waals surface area (Å²) in [6, 6.07) is -0.109. The van der Waals surface area contributed by atoms with Crippen molar-refractivity contribution in [2.45, 2.75) is 37.7 Å². The molecule has 0 radical (unpaired) electrons. The average Bonchev–Trinajstić information content (AvgIpc) is 2.49. The monoisotopic (exact) mass is 200 g/mol. The lowest BCUT2D eigenvalue weighted by atomic mass is 10.2. The highest BCUT2D eigenvalue weighted by molar-refractivity contribution is 6.19. The molecule has 1 aromatic heterocycles. The third-order valence-corrected chi connectivity index (χ3v) is 2.64. The van der Waals surface area contributed by atoms with Gasteiger partial charge in [0, 0.05) is 6.42 Å². The van der Waals surface area contributed by atoms with Crippen molar-refractivity contribution in [2.75, 3.05) is 0 Å². The molecule has 1 aliphatic rings. The van der Waals surface area contributed by atoms with Crippen molar-refractivity contribution in [3.05, 3.63) is 11.6 Å². The van der Waals surface area contributed by atoms with Crippen LogP contribution in [0.5, 0.6) is 0 Å².